The van der Waals surface area contributed by atoms with Gasteiger partial charge in [0.25, 0.3) is 0 Å². The van der Waals surface area contributed by atoms with Crippen LogP contribution >= 0.6 is 11.6 Å². The Balaban J connectivity index is 1.98. The van der Waals surface area contributed by atoms with Crippen LogP contribution in [0.1, 0.15) is 24.5 Å². The van der Waals surface area contributed by atoms with E-state index in [2.05, 4.69) is 36.5 Å². The van der Waals surface area contributed by atoms with Crippen molar-refractivity contribution in [2.45, 2.75) is 32.2 Å². The molecule has 2 aromatic carbocycles. The van der Waals surface area contributed by atoms with Crippen molar-refractivity contribution in [3.8, 4) is 0 Å². The second-order valence-corrected chi connectivity index (χ2v) is 5.66. The zero-order chi connectivity index (χ0) is 15.1. The largest absolute Gasteiger partial charge is 0.314 e. The van der Waals surface area contributed by atoms with E-state index in [4.69, 9.17) is 11.6 Å². The van der Waals surface area contributed by atoms with E-state index < -0.39 is 0 Å². The van der Waals surface area contributed by atoms with Crippen LogP contribution in [-0.2, 0) is 12.8 Å². The lowest BCUT2D eigenvalue weighted by atomic mass is 9.98. The third kappa shape index (κ3) is 5.14. The average Bonchev–Trinajstić information content (AvgIpc) is 2.49. The maximum Gasteiger partial charge on any atom is 0.127 e. The molecule has 0 aromatic heterocycles. The van der Waals surface area contributed by atoms with Crippen LogP contribution in [0.15, 0.2) is 48.5 Å². The summed E-state index contributed by atoms with van der Waals surface area (Å²) in [5.41, 5.74) is 2.04. The van der Waals surface area contributed by atoms with E-state index in [1.54, 1.807) is 12.1 Å². The van der Waals surface area contributed by atoms with E-state index in [-0.39, 0.29) is 11.9 Å². The van der Waals surface area contributed by atoms with Gasteiger partial charge in [-0.1, -0.05) is 54.9 Å². The summed E-state index contributed by atoms with van der Waals surface area (Å²) < 4.78 is 13.9. The molecule has 0 saturated carbocycles. The van der Waals surface area contributed by atoms with Crippen molar-refractivity contribution in [3.05, 3.63) is 70.5 Å². The molecule has 0 bridgehead atoms. The molecule has 0 fully saturated rings. The highest BCUT2D eigenvalue weighted by atomic mass is 35.5. The van der Waals surface area contributed by atoms with Crippen LogP contribution in [0.3, 0.4) is 0 Å². The molecular formula is C18H21ClFN. The lowest BCUT2D eigenvalue weighted by Crippen LogP contribution is -2.31. The van der Waals surface area contributed by atoms with Crippen LogP contribution in [0.25, 0.3) is 0 Å². The van der Waals surface area contributed by atoms with Gasteiger partial charge in [-0.3, -0.25) is 0 Å². The molecule has 0 spiro atoms. The third-order valence-electron chi connectivity index (χ3n) is 3.60. The van der Waals surface area contributed by atoms with Gasteiger partial charge < -0.3 is 5.32 Å². The van der Waals surface area contributed by atoms with E-state index >= 15 is 0 Å². The van der Waals surface area contributed by atoms with Crippen molar-refractivity contribution in [3.63, 3.8) is 0 Å². The van der Waals surface area contributed by atoms with Crippen LogP contribution in [-0.4, -0.2) is 12.6 Å². The van der Waals surface area contributed by atoms with E-state index in [1.165, 1.54) is 11.6 Å². The molecule has 21 heavy (non-hydrogen) atoms. The minimum atomic E-state index is -0.217. The Bertz CT molecular complexity index is 556. The van der Waals surface area contributed by atoms with Crippen molar-refractivity contribution >= 4 is 11.6 Å². The summed E-state index contributed by atoms with van der Waals surface area (Å²) in [5, 5.41) is 3.89. The van der Waals surface area contributed by atoms with Gasteiger partial charge in [-0.2, -0.15) is 0 Å². The topological polar surface area (TPSA) is 12.0 Å². The lowest BCUT2D eigenvalue weighted by molar-refractivity contribution is 0.480. The summed E-state index contributed by atoms with van der Waals surface area (Å²) in [7, 11) is 0. The molecule has 0 amide bonds. The summed E-state index contributed by atoms with van der Waals surface area (Å²) in [4.78, 5) is 0. The fraction of sp³-hybridized carbons (Fsp3) is 0.333. The molecule has 0 aliphatic heterocycles. The maximum absolute atomic E-state index is 13.9. The third-order valence-corrected chi connectivity index (χ3v) is 3.83. The predicted octanol–water partition coefficient (Wildman–Crippen LogP) is 4.63. The van der Waals surface area contributed by atoms with Crippen LogP contribution in [0.2, 0.25) is 5.02 Å². The quantitative estimate of drug-likeness (QED) is 0.786. The number of aryl methyl sites for hydroxylation is 1. The molecule has 2 rings (SSSR count). The number of likely N-dealkylation sites (N-methyl/N-ethyl adjacent to an activating group) is 1. The Morgan fingerprint density at radius 1 is 1.14 bits per heavy atom. The molecule has 112 valence electrons. The molecule has 1 atom stereocenters. The van der Waals surface area contributed by atoms with Gasteiger partial charge >= 0.3 is 0 Å². The molecule has 1 nitrogen and oxygen atoms in total. The summed E-state index contributed by atoms with van der Waals surface area (Å²) >= 11 is 5.80. The van der Waals surface area contributed by atoms with Gasteiger partial charge in [0, 0.05) is 11.1 Å². The normalized spacial score (nSPS) is 12.3. The molecule has 3 heteroatoms. The number of hydrogen-bond donors (Lipinski definition) is 1. The highest BCUT2D eigenvalue weighted by molar-refractivity contribution is 6.30. The van der Waals surface area contributed by atoms with Crippen molar-refractivity contribution < 1.29 is 4.39 Å². The van der Waals surface area contributed by atoms with Crippen molar-refractivity contribution in [1.29, 1.82) is 0 Å². The molecule has 0 saturated heterocycles. The highest BCUT2D eigenvalue weighted by Crippen LogP contribution is 2.17. The molecule has 0 aliphatic rings. The van der Waals surface area contributed by atoms with Crippen molar-refractivity contribution in [2.24, 2.45) is 0 Å². The monoisotopic (exact) mass is 305 g/mol. The number of benzene rings is 2. The first-order valence-electron chi connectivity index (χ1n) is 7.40. The Labute approximate surface area is 131 Å². The number of halogens is 2. The molecule has 1 unspecified atom stereocenters. The first-order chi connectivity index (χ1) is 10.2. The van der Waals surface area contributed by atoms with E-state index in [9.17, 15) is 4.39 Å². The van der Waals surface area contributed by atoms with Gasteiger partial charge in [0.2, 0.25) is 0 Å². The Kier molecular flexibility index (Phi) is 6.21. The standard InChI is InChI=1S/C18H21ClFN/c1-2-21-17(11-8-14-6-4-3-5-7-14)12-15-9-10-16(19)13-18(15)20/h3-7,9-10,13,17,21H,2,8,11-12H2,1H3. The van der Waals surface area contributed by atoms with E-state index in [0.29, 0.717) is 11.4 Å². The second kappa shape index (κ2) is 8.16. The van der Waals surface area contributed by atoms with Gasteiger partial charge in [-0.15, -0.1) is 0 Å². The summed E-state index contributed by atoms with van der Waals surface area (Å²) in [6, 6.07) is 15.6. The fourth-order valence-electron chi connectivity index (χ4n) is 2.50. The fourth-order valence-corrected chi connectivity index (χ4v) is 2.66. The zero-order valence-electron chi connectivity index (χ0n) is 12.3. The van der Waals surface area contributed by atoms with Gasteiger partial charge in [0.05, 0.1) is 0 Å². The van der Waals surface area contributed by atoms with Gasteiger partial charge in [-0.25, -0.2) is 4.39 Å². The average molecular weight is 306 g/mol. The van der Waals surface area contributed by atoms with Crippen LogP contribution in [0, 0.1) is 5.82 Å². The number of nitrogens with one attached hydrogen (secondary N) is 1. The molecule has 0 heterocycles. The first-order valence-corrected chi connectivity index (χ1v) is 7.78. The summed E-state index contributed by atoms with van der Waals surface area (Å²) in [5.74, 6) is -0.217. The SMILES string of the molecule is CCNC(CCc1ccccc1)Cc1ccc(Cl)cc1F. The van der Waals surface area contributed by atoms with E-state index in [0.717, 1.165) is 24.9 Å². The Hall–Kier alpha value is -1.38. The van der Waals surface area contributed by atoms with Crippen LogP contribution in [0.5, 0.6) is 0 Å². The smallest absolute Gasteiger partial charge is 0.127 e. The first kappa shape index (κ1) is 16.0. The van der Waals surface area contributed by atoms with Gasteiger partial charge in [-0.05, 0) is 49.1 Å². The molecule has 0 aliphatic carbocycles. The molecule has 1 N–H and O–H groups in total. The zero-order valence-corrected chi connectivity index (χ0v) is 13.0. The minimum absolute atomic E-state index is 0.217. The minimum Gasteiger partial charge on any atom is -0.314 e. The number of rotatable bonds is 7. The van der Waals surface area contributed by atoms with Crippen LogP contribution in [0.4, 0.5) is 4.39 Å². The summed E-state index contributed by atoms with van der Waals surface area (Å²) in [6.07, 6.45) is 2.66. The molecule has 0 radical (unpaired) electrons. The van der Waals surface area contributed by atoms with Crippen LogP contribution < -0.4 is 5.32 Å². The Morgan fingerprint density at radius 2 is 1.90 bits per heavy atom. The van der Waals surface area contributed by atoms with Crippen molar-refractivity contribution in [1.82, 2.24) is 5.32 Å². The summed E-state index contributed by atoms with van der Waals surface area (Å²) in [6.45, 7) is 2.96. The molecule has 2 aromatic rings. The highest BCUT2D eigenvalue weighted by Gasteiger charge is 2.12. The Morgan fingerprint density at radius 3 is 2.57 bits per heavy atom. The lowest BCUT2D eigenvalue weighted by Gasteiger charge is -2.18. The van der Waals surface area contributed by atoms with Gasteiger partial charge in [0.15, 0.2) is 0 Å². The number of hydrogen-bond acceptors (Lipinski definition) is 1. The van der Waals surface area contributed by atoms with Gasteiger partial charge in [0.1, 0.15) is 5.82 Å². The van der Waals surface area contributed by atoms with Crippen molar-refractivity contribution in [2.75, 3.05) is 6.54 Å². The second-order valence-electron chi connectivity index (χ2n) is 5.22. The molecular weight excluding hydrogens is 285 g/mol. The predicted molar refractivity (Wildman–Crippen MR) is 87.3 cm³/mol. The van der Waals surface area contributed by atoms with E-state index in [1.807, 2.05) is 6.07 Å². The maximum atomic E-state index is 13.9.